The van der Waals surface area contributed by atoms with E-state index < -0.39 is 0 Å². The molecule has 0 fully saturated rings. The normalized spacial score (nSPS) is 12.2. The molecular formula is C9H9N3O2S. The fourth-order valence-corrected chi connectivity index (χ4v) is 1.70. The van der Waals surface area contributed by atoms with Crippen LogP contribution in [0.1, 0.15) is 6.92 Å². The molecule has 1 N–H and O–H groups in total. The van der Waals surface area contributed by atoms with Crippen molar-refractivity contribution in [1.82, 2.24) is 9.97 Å². The van der Waals surface area contributed by atoms with E-state index in [-0.39, 0.29) is 0 Å². The van der Waals surface area contributed by atoms with Gasteiger partial charge in [0.05, 0.1) is 5.71 Å². The van der Waals surface area contributed by atoms with Crippen LogP contribution < -0.4 is 0 Å². The number of oxazole rings is 1. The Hall–Kier alpha value is -1.56. The molecule has 0 aromatic carbocycles. The Kier molecular flexibility index (Phi) is 2.86. The van der Waals surface area contributed by atoms with Crippen LogP contribution in [0.4, 0.5) is 0 Å². The number of fused-ring (bicyclic) bond motifs is 1. The Morgan fingerprint density at radius 1 is 1.67 bits per heavy atom. The van der Waals surface area contributed by atoms with Crippen LogP contribution in [0.2, 0.25) is 0 Å². The number of nitrogens with zero attached hydrogens (tertiary/aromatic N) is 3. The second kappa shape index (κ2) is 4.31. The van der Waals surface area contributed by atoms with Crippen molar-refractivity contribution in [2.45, 2.75) is 12.1 Å². The maximum atomic E-state index is 8.46. The van der Waals surface area contributed by atoms with Gasteiger partial charge >= 0.3 is 0 Å². The van der Waals surface area contributed by atoms with Crippen LogP contribution >= 0.6 is 11.8 Å². The molecule has 0 unspecified atom stereocenters. The van der Waals surface area contributed by atoms with E-state index in [1.54, 1.807) is 19.2 Å². The molecule has 0 aliphatic heterocycles. The standard InChI is InChI=1S/C9H9N3O2S/c1-6(12-13)5-15-9-11-8-7(14-9)3-2-4-10-8/h2-4,13H,5H2,1H3/b12-6+. The van der Waals surface area contributed by atoms with Gasteiger partial charge in [-0.3, -0.25) is 0 Å². The molecule has 6 heteroatoms. The summed E-state index contributed by atoms with van der Waals surface area (Å²) in [5.74, 6) is 0.545. The number of aromatic nitrogens is 2. The van der Waals surface area contributed by atoms with Gasteiger partial charge in [0.1, 0.15) is 0 Å². The van der Waals surface area contributed by atoms with E-state index in [1.807, 2.05) is 6.07 Å². The summed E-state index contributed by atoms with van der Waals surface area (Å²) in [5, 5.41) is 12.1. The minimum atomic E-state index is 0.534. The molecule has 0 spiro atoms. The summed E-state index contributed by atoms with van der Waals surface area (Å²) >= 11 is 1.37. The molecule has 0 amide bonds. The Morgan fingerprint density at radius 3 is 3.27 bits per heavy atom. The monoisotopic (exact) mass is 223 g/mol. The Bertz CT molecular complexity index is 462. The van der Waals surface area contributed by atoms with Crippen LogP contribution in [0.5, 0.6) is 0 Å². The third-order valence-corrected chi connectivity index (χ3v) is 2.70. The highest BCUT2D eigenvalue weighted by Crippen LogP contribution is 2.21. The molecule has 0 aliphatic rings. The molecule has 2 rings (SSSR count). The van der Waals surface area contributed by atoms with Gasteiger partial charge in [0.15, 0.2) is 11.2 Å². The number of hydrogen-bond donors (Lipinski definition) is 1. The fourth-order valence-electron chi connectivity index (χ4n) is 1.01. The van der Waals surface area contributed by atoms with Gasteiger partial charge in [0, 0.05) is 11.9 Å². The highest BCUT2D eigenvalue weighted by molar-refractivity contribution is 7.99. The summed E-state index contributed by atoms with van der Waals surface area (Å²) in [6.07, 6.45) is 1.67. The summed E-state index contributed by atoms with van der Waals surface area (Å²) < 4.78 is 5.42. The maximum absolute atomic E-state index is 8.46. The predicted molar refractivity (Wildman–Crippen MR) is 57.4 cm³/mol. The van der Waals surface area contributed by atoms with Crippen LogP contribution in [0.25, 0.3) is 11.2 Å². The third kappa shape index (κ3) is 2.27. The summed E-state index contributed by atoms with van der Waals surface area (Å²) in [7, 11) is 0. The summed E-state index contributed by atoms with van der Waals surface area (Å²) in [5.41, 5.74) is 1.88. The zero-order valence-corrected chi connectivity index (χ0v) is 8.86. The first-order chi connectivity index (χ1) is 7.29. The smallest absolute Gasteiger partial charge is 0.258 e. The lowest BCUT2D eigenvalue weighted by molar-refractivity contribution is 0.318. The van der Waals surface area contributed by atoms with Gasteiger partial charge in [-0.2, -0.15) is 4.98 Å². The Morgan fingerprint density at radius 2 is 2.53 bits per heavy atom. The first-order valence-corrected chi connectivity index (χ1v) is 5.30. The molecule has 78 valence electrons. The van der Waals surface area contributed by atoms with E-state index in [0.29, 0.717) is 27.9 Å². The van der Waals surface area contributed by atoms with Gasteiger partial charge < -0.3 is 9.62 Å². The molecule has 2 heterocycles. The maximum Gasteiger partial charge on any atom is 0.258 e. The first kappa shape index (κ1) is 9.97. The molecule has 0 radical (unpaired) electrons. The van der Waals surface area contributed by atoms with Crippen molar-refractivity contribution < 1.29 is 9.62 Å². The molecule has 0 aliphatic carbocycles. The number of pyridine rings is 1. The van der Waals surface area contributed by atoms with Gasteiger partial charge in [-0.25, -0.2) is 4.98 Å². The molecule has 0 saturated heterocycles. The van der Waals surface area contributed by atoms with Crippen LogP contribution in [-0.4, -0.2) is 26.6 Å². The topological polar surface area (TPSA) is 71.5 Å². The second-order valence-electron chi connectivity index (χ2n) is 2.93. The molecular weight excluding hydrogens is 214 g/mol. The van der Waals surface area contributed by atoms with E-state index >= 15 is 0 Å². The fraction of sp³-hybridized carbons (Fsp3) is 0.222. The van der Waals surface area contributed by atoms with Crippen LogP contribution in [0, 0.1) is 0 Å². The second-order valence-corrected chi connectivity index (χ2v) is 3.86. The summed E-state index contributed by atoms with van der Waals surface area (Å²) in [6, 6.07) is 3.61. The van der Waals surface area contributed by atoms with E-state index in [2.05, 4.69) is 15.1 Å². The average molecular weight is 223 g/mol. The predicted octanol–water partition coefficient (Wildman–Crippen LogP) is 2.17. The first-order valence-electron chi connectivity index (χ1n) is 4.31. The van der Waals surface area contributed by atoms with Crippen molar-refractivity contribution in [1.29, 1.82) is 0 Å². The van der Waals surface area contributed by atoms with Crippen LogP contribution in [0.3, 0.4) is 0 Å². The zero-order valence-electron chi connectivity index (χ0n) is 8.04. The van der Waals surface area contributed by atoms with Gasteiger partial charge in [0.2, 0.25) is 0 Å². The minimum absolute atomic E-state index is 0.534. The van der Waals surface area contributed by atoms with E-state index in [9.17, 15) is 0 Å². The van der Waals surface area contributed by atoms with Crippen molar-refractivity contribution in [3.8, 4) is 0 Å². The lowest BCUT2D eigenvalue weighted by atomic mass is 10.5. The molecule has 5 nitrogen and oxygen atoms in total. The van der Waals surface area contributed by atoms with E-state index in [1.165, 1.54) is 11.8 Å². The molecule has 15 heavy (non-hydrogen) atoms. The molecule has 2 aromatic rings. The SMILES string of the molecule is C/C(CSc1nc2ncccc2o1)=N\O. The Balaban J connectivity index is 2.15. The van der Waals surface area contributed by atoms with Crippen molar-refractivity contribution in [3.63, 3.8) is 0 Å². The number of rotatable bonds is 3. The van der Waals surface area contributed by atoms with Gasteiger partial charge in [0.25, 0.3) is 5.22 Å². The largest absolute Gasteiger partial charge is 0.430 e. The van der Waals surface area contributed by atoms with E-state index in [4.69, 9.17) is 9.62 Å². The number of thioether (sulfide) groups is 1. The summed E-state index contributed by atoms with van der Waals surface area (Å²) in [4.78, 5) is 8.22. The molecule has 0 atom stereocenters. The molecule has 2 aromatic heterocycles. The van der Waals surface area contributed by atoms with Crippen molar-refractivity contribution in [2.75, 3.05) is 5.75 Å². The highest BCUT2D eigenvalue weighted by Gasteiger charge is 2.06. The average Bonchev–Trinajstić information content (AvgIpc) is 2.68. The van der Waals surface area contributed by atoms with Crippen molar-refractivity contribution >= 4 is 28.7 Å². The Labute approximate surface area is 90.2 Å². The van der Waals surface area contributed by atoms with E-state index in [0.717, 1.165) is 0 Å². The van der Waals surface area contributed by atoms with Crippen molar-refractivity contribution in [2.24, 2.45) is 5.16 Å². The van der Waals surface area contributed by atoms with Crippen molar-refractivity contribution in [3.05, 3.63) is 18.3 Å². The van der Waals surface area contributed by atoms with Gasteiger partial charge in [-0.1, -0.05) is 16.9 Å². The van der Waals surface area contributed by atoms with Crippen LogP contribution in [-0.2, 0) is 0 Å². The molecule has 0 bridgehead atoms. The summed E-state index contributed by atoms with van der Waals surface area (Å²) in [6.45, 7) is 1.73. The van der Waals surface area contributed by atoms with Gasteiger partial charge in [-0.15, -0.1) is 0 Å². The minimum Gasteiger partial charge on any atom is -0.430 e. The zero-order chi connectivity index (χ0) is 10.7. The lowest BCUT2D eigenvalue weighted by Gasteiger charge is -1.92. The number of hydrogen-bond acceptors (Lipinski definition) is 6. The third-order valence-electron chi connectivity index (χ3n) is 1.72. The molecule has 0 saturated carbocycles. The quantitative estimate of drug-likeness (QED) is 0.373. The lowest BCUT2D eigenvalue weighted by Crippen LogP contribution is -1.94. The van der Waals surface area contributed by atoms with Crippen LogP contribution in [0.15, 0.2) is 33.1 Å². The highest BCUT2D eigenvalue weighted by atomic mass is 32.2. The van der Waals surface area contributed by atoms with Gasteiger partial charge in [-0.05, 0) is 19.1 Å². The number of oxime groups is 1.